The molecule has 1 amide bonds. The van der Waals surface area contributed by atoms with Crippen molar-refractivity contribution in [2.45, 2.75) is 50.7 Å². The van der Waals surface area contributed by atoms with E-state index in [0.29, 0.717) is 32.2 Å². The van der Waals surface area contributed by atoms with E-state index in [1.54, 1.807) is 4.90 Å². The Bertz CT molecular complexity index is 756. The number of halogens is 3. The fourth-order valence-corrected chi connectivity index (χ4v) is 4.16. The molecule has 0 spiro atoms. The second kappa shape index (κ2) is 9.63. The highest BCUT2D eigenvalue weighted by Crippen LogP contribution is 2.36. The number of piperazine rings is 1. The Balaban J connectivity index is 1.56. The number of rotatable bonds is 5. The second-order valence-corrected chi connectivity index (χ2v) is 7.98. The van der Waals surface area contributed by atoms with Gasteiger partial charge in [0, 0.05) is 38.3 Å². The molecule has 0 atom stereocenters. The molecule has 1 heterocycles. The van der Waals surface area contributed by atoms with Crippen LogP contribution in [0.15, 0.2) is 18.2 Å². The van der Waals surface area contributed by atoms with E-state index in [9.17, 15) is 28.1 Å². The van der Waals surface area contributed by atoms with Crippen LogP contribution in [0.25, 0.3) is 0 Å². The third-order valence-corrected chi connectivity index (χ3v) is 5.80. The molecule has 1 aliphatic heterocycles. The van der Waals surface area contributed by atoms with Crippen molar-refractivity contribution in [3.63, 3.8) is 0 Å². The molecule has 3 rings (SSSR count). The largest absolute Gasteiger partial charge is 0.416 e. The summed E-state index contributed by atoms with van der Waals surface area (Å²) in [4.78, 5) is 26.6. The quantitative estimate of drug-likeness (QED) is 0.441. The molecule has 1 N–H and O–H groups in total. The van der Waals surface area contributed by atoms with Gasteiger partial charge in [-0.2, -0.15) is 13.2 Å². The lowest BCUT2D eigenvalue weighted by Crippen LogP contribution is -2.50. The Labute approximate surface area is 173 Å². The first-order valence-corrected chi connectivity index (χ1v) is 10.4. The first-order valence-electron chi connectivity index (χ1n) is 10.4. The van der Waals surface area contributed by atoms with E-state index in [2.05, 4.69) is 5.32 Å². The zero-order chi connectivity index (χ0) is 21.7. The van der Waals surface area contributed by atoms with Crippen molar-refractivity contribution >= 4 is 17.3 Å². The van der Waals surface area contributed by atoms with Gasteiger partial charge in [-0.05, 0) is 25.0 Å². The molecule has 1 aromatic carbocycles. The van der Waals surface area contributed by atoms with Crippen molar-refractivity contribution in [2.75, 3.05) is 37.6 Å². The van der Waals surface area contributed by atoms with Crippen LogP contribution in [-0.2, 0) is 11.0 Å². The van der Waals surface area contributed by atoms with Gasteiger partial charge >= 0.3 is 6.18 Å². The van der Waals surface area contributed by atoms with Crippen molar-refractivity contribution in [1.29, 1.82) is 0 Å². The maximum atomic E-state index is 12.9. The number of alkyl halides is 3. The smallest absolute Gasteiger partial charge is 0.363 e. The van der Waals surface area contributed by atoms with E-state index in [4.69, 9.17) is 0 Å². The molecule has 0 bridgehead atoms. The molecule has 1 saturated heterocycles. The van der Waals surface area contributed by atoms with Gasteiger partial charge in [0.15, 0.2) is 0 Å². The summed E-state index contributed by atoms with van der Waals surface area (Å²) in [5, 5.41) is 14.4. The molecule has 0 aromatic heterocycles. The Morgan fingerprint density at radius 2 is 1.73 bits per heavy atom. The summed E-state index contributed by atoms with van der Waals surface area (Å²) in [5.41, 5.74) is -1.41. The molecular weight excluding hydrogens is 401 g/mol. The van der Waals surface area contributed by atoms with Gasteiger partial charge in [0.1, 0.15) is 5.69 Å². The van der Waals surface area contributed by atoms with Gasteiger partial charge in [-0.25, -0.2) is 0 Å². The molecule has 1 saturated carbocycles. The number of nitrogens with zero attached hydrogens (tertiary/aromatic N) is 3. The summed E-state index contributed by atoms with van der Waals surface area (Å²) in [6.45, 7) is 2.10. The molecule has 0 radical (unpaired) electrons. The van der Waals surface area contributed by atoms with Gasteiger partial charge in [0.25, 0.3) is 5.69 Å². The average molecular weight is 428 g/mol. The minimum atomic E-state index is -4.63. The Morgan fingerprint density at radius 1 is 1.10 bits per heavy atom. The molecule has 0 unspecified atom stereocenters. The Kier molecular flexibility index (Phi) is 7.17. The zero-order valence-electron chi connectivity index (χ0n) is 16.8. The number of nitrogens with one attached hydrogen (secondary N) is 1. The third kappa shape index (κ3) is 5.84. The number of carbonyl (C=O) groups excluding carboxylic acids is 1. The van der Waals surface area contributed by atoms with Crippen molar-refractivity contribution in [1.82, 2.24) is 10.2 Å². The first kappa shape index (κ1) is 22.3. The maximum Gasteiger partial charge on any atom is 0.416 e. The molecular formula is C20H27F3N4O3. The minimum absolute atomic E-state index is 0.0177. The third-order valence-electron chi connectivity index (χ3n) is 5.80. The number of hydrogen-bond acceptors (Lipinski definition) is 5. The number of amides is 1. The molecule has 2 fully saturated rings. The lowest BCUT2D eigenvalue weighted by molar-refractivity contribution is -0.384. The van der Waals surface area contributed by atoms with Crippen LogP contribution in [0.1, 0.15) is 44.1 Å². The van der Waals surface area contributed by atoms with Gasteiger partial charge in [-0.1, -0.05) is 25.7 Å². The highest BCUT2D eigenvalue weighted by molar-refractivity contribution is 5.78. The molecule has 1 aliphatic carbocycles. The summed E-state index contributed by atoms with van der Waals surface area (Å²) in [6.07, 6.45) is 2.08. The number of nitro benzene ring substituents is 1. The summed E-state index contributed by atoms with van der Waals surface area (Å²) < 4.78 is 38.7. The van der Waals surface area contributed by atoms with Gasteiger partial charge in [-0.3, -0.25) is 19.8 Å². The maximum absolute atomic E-state index is 12.9. The minimum Gasteiger partial charge on any atom is -0.363 e. The Morgan fingerprint density at radius 3 is 2.30 bits per heavy atom. The molecule has 7 nitrogen and oxygen atoms in total. The monoisotopic (exact) mass is 428 g/mol. The van der Waals surface area contributed by atoms with Gasteiger partial charge in [0.05, 0.1) is 17.0 Å². The van der Waals surface area contributed by atoms with E-state index in [1.807, 2.05) is 4.90 Å². The van der Waals surface area contributed by atoms with E-state index < -0.39 is 22.4 Å². The highest BCUT2D eigenvalue weighted by Gasteiger charge is 2.34. The van der Waals surface area contributed by atoms with Crippen molar-refractivity contribution in [3.05, 3.63) is 33.9 Å². The number of hydrogen-bond donors (Lipinski definition) is 1. The molecule has 166 valence electrons. The SMILES string of the molecule is O=C(CN1CCN(c2ccc(C(F)(F)F)cc2[N+](=O)[O-])CC1)NC1CCCCCC1. The fraction of sp³-hybridized carbons (Fsp3) is 0.650. The van der Waals surface area contributed by atoms with E-state index in [1.165, 1.54) is 12.8 Å². The Hall–Kier alpha value is -2.36. The average Bonchev–Trinajstić information content (AvgIpc) is 2.96. The molecule has 30 heavy (non-hydrogen) atoms. The lowest BCUT2D eigenvalue weighted by Gasteiger charge is -2.35. The summed E-state index contributed by atoms with van der Waals surface area (Å²) in [5.74, 6) is -0.0177. The normalized spacial score (nSPS) is 19.4. The van der Waals surface area contributed by atoms with Crippen LogP contribution in [0.3, 0.4) is 0 Å². The number of nitro groups is 1. The van der Waals surface area contributed by atoms with Crippen LogP contribution in [0.2, 0.25) is 0 Å². The van der Waals surface area contributed by atoms with Crippen LogP contribution in [0, 0.1) is 10.1 Å². The standard InChI is InChI=1S/C20H27F3N4O3/c21-20(22,23)15-7-8-17(18(13-15)27(29)30)26-11-9-25(10-12-26)14-19(28)24-16-5-3-1-2-4-6-16/h7-8,13,16H,1-6,9-12,14H2,(H,24,28). The van der Waals surface area contributed by atoms with Gasteiger partial charge in [0.2, 0.25) is 5.91 Å². The van der Waals surface area contributed by atoms with Gasteiger partial charge < -0.3 is 10.2 Å². The van der Waals surface area contributed by atoms with E-state index in [-0.39, 0.29) is 24.2 Å². The van der Waals surface area contributed by atoms with Crippen LogP contribution < -0.4 is 10.2 Å². The lowest BCUT2D eigenvalue weighted by atomic mass is 10.1. The van der Waals surface area contributed by atoms with E-state index in [0.717, 1.165) is 37.8 Å². The van der Waals surface area contributed by atoms with Gasteiger partial charge in [-0.15, -0.1) is 0 Å². The van der Waals surface area contributed by atoms with Crippen LogP contribution in [-0.4, -0.2) is 54.5 Å². The summed E-state index contributed by atoms with van der Waals surface area (Å²) in [7, 11) is 0. The highest BCUT2D eigenvalue weighted by atomic mass is 19.4. The number of benzene rings is 1. The van der Waals surface area contributed by atoms with Crippen molar-refractivity contribution < 1.29 is 22.9 Å². The van der Waals surface area contributed by atoms with E-state index >= 15 is 0 Å². The van der Waals surface area contributed by atoms with Crippen LogP contribution >= 0.6 is 0 Å². The van der Waals surface area contributed by atoms with Crippen molar-refractivity contribution in [3.8, 4) is 0 Å². The molecule has 10 heteroatoms. The number of carbonyl (C=O) groups is 1. The predicted octanol–water partition coefficient (Wildman–Crippen LogP) is 3.57. The summed E-state index contributed by atoms with van der Waals surface area (Å²) in [6, 6.07) is 2.85. The fourth-order valence-electron chi connectivity index (χ4n) is 4.16. The van der Waals surface area contributed by atoms with Crippen LogP contribution in [0.5, 0.6) is 0 Å². The summed E-state index contributed by atoms with van der Waals surface area (Å²) >= 11 is 0. The predicted molar refractivity (Wildman–Crippen MR) is 106 cm³/mol. The van der Waals surface area contributed by atoms with Crippen LogP contribution in [0.4, 0.5) is 24.5 Å². The topological polar surface area (TPSA) is 78.7 Å². The number of anilines is 1. The molecule has 1 aromatic rings. The second-order valence-electron chi connectivity index (χ2n) is 7.98. The van der Waals surface area contributed by atoms with Crippen molar-refractivity contribution in [2.24, 2.45) is 0 Å². The first-order chi connectivity index (χ1) is 14.2. The zero-order valence-corrected chi connectivity index (χ0v) is 16.8. The molecule has 2 aliphatic rings.